The molecular formula is C80H126N28O19. The monoisotopic (exact) mass is 1780 g/mol. The number of phenolic OH excluding ortho intramolecular Hbond substituents is 2. The van der Waals surface area contributed by atoms with E-state index in [1.54, 1.807) is 27.7 Å². The van der Waals surface area contributed by atoms with E-state index in [2.05, 4.69) is 100 Å². The Balaban J connectivity index is 1.79. The van der Waals surface area contributed by atoms with Gasteiger partial charge in [0, 0.05) is 70.2 Å². The van der Waals surface area contributed by atoms with E-state index in [1.807, 2.05) is 0 Å². The third kappa shape index (κ3) is 40.6. The summed E-state index contributed by atoms with van der Waals surface area (Å²) in [5, 5.41) is 87.3. The Kier molecular flexibility index (Phi) is 45.5. The van der Waals surface area contributed by atoms with Gasteiger partial charge in [0.1, 0.15) is 89.8 Å². The van der Waals surface area contributed by atoms with Gasteiger partial charge in [0.25, 0.3) is 0 Å². The summed E-state index contributed by atoms with van der Waals surface area (Å²) in [6.07, 6.45) is -2.04. The number of ketones is 1. The smallest absolute Gasteiger partial charge is 0.243 e. The molecule has 0 bridgehead atoms. The van der Waals surface area contributed by atoms with Gasteiger partial charge in [-0.2, -0.15) is 0 Å². The maximum atomic E-state index is 15.2. The van der Waals surface area contributed by atoms with E-state index in [4.69, 9.17) is 50.6 Å². The SMILES string of the molecule is CC[C@H](C)[C@@H]1NC(=O)[C@H](CC(C)C)NC(=O)[C@H](CC(N)=O)NC(=O)[C@@H](NC(=O)[C@H](Cc2ccc(O)cc2)NC(=O)[C@H](Cc2cnc[nH]2)NC(=O)[C@H](CCCNC(=N)N)NC(=O)[C@H](C)NCC(C)=O)CCCCNC(=O)CC[C@@H](C(=O)N[C@@H](CCCNC(=N)N)C(=O)N[C@@H](CCC(N)=O)C(=O)N[C@@H](CCCNC(=N)N)C(=O)N[C@@H](Cc2ccc(O)cc2)C(N)=O)NC1=O. The number of benzene rings is 2. The van der Waals surface area contributed by atoms with Crippen molar-refractivity contribution in [2.24, 2.45) is 46.2 Å². The molecule has 127 heavy (non-hydrogen) atoms. The van der Waals surface area contributed by atoms with Gasteiger partial charge in [0.2, 0.25) is 94.5 Å². The highest BCUT2D eigenvalue weighted by atomic mass is 16.3. The summed E-state index contributed by atoms with van der Waals surface area (Å²) in [6, 6.07) is -9.31. The number of guanidine groups is 3. The van der Waals surface area contributed by atoms with Crippen molar-refractivity contribution in [2.45, 2.75) is 242 Å². The van der Waals surface area contributed by atoms with E-state index in [0.29, 0.717) is 16.8 Å². The van der Waals surface area contributed by atoms with E-state index in [-0.39, 0.29) is 146 Å². The molecule has 1 aliphatic heterocycles. The van der Waals surface area contributed by atoms with Crippen molar-refractivity contribution < 1.29 is 91.7 Å². The maximum absolute atomic E-state index is 15.2. The Morgan fingerprint density at radius 1 is 0.520 bits per heavy atom. The maximum Gasteiger partial charge on any atom is 0.243 e. The number of amides is 16. The summed E-state index contributed by atoms with van der Waals surface area (Å²) >= 11 is 0. The zero-order valence-corrected chi connectivity index (χ0v) is 72.2. The van der Waals surface area contributed by atoms with E-state index in [0.717, 1.165) is 0 Å². The first-order chi connectivity index (χ1) is 60.0. The van der Waals surface area contributed by atoms with Crippen LogP contribution in [0, 0.1) is 28.1 Å². The summed E-state index contributed by atoms with van der Waals surface area (Å²) in [6.45, 7) is 9.02. The fourth-order valence-corrected chi connectivity index (χ4v) is 13.0. The molecule has 47 heteroatoms. The van der Waals surface area contributed by atoms with Crippen LogP contribution >= 0.6 is 0 Å². The number of phenols is 2. The first-order valence-corrected chi connectivity index (χ1v) is 41.8. The molecule has 0 radical (unpaired) electrons. The van der Waals surface area contributed by atoms with E-state index in [9.17, 15) is 82.1 Å². The largest absolute Gasteiger partial charge is 0.508 e. The van der Waals surface area contributed by atoms with Gasteiger partial charge in [-0.1, -0.05) is 58.4 Å². The van der Waals surface area contributed by atoms with E-state index >= 15 is 9.59 Å². The second kappa shape index (κ2) is 54.7. The Labute approximate surface area is 733 Å². The Morgan fingerprint density at radius 3 is 1.46 bits per heavy atom. The van der Waals surface area contributed by atoms with Crippen LogP contribution in [0.1, 0.15) is 161 Å². The molecule has 700 valence electrons. The third-order valence-electron chi connectivity index (χ3n) is 20.2. The van der Waals surface area contributed by atoms with Gasteiger partial charge in [-0.05, 0) is 138 Å². The lowest BCUT2D eigenvalue weighted by Gasteiger charge is -2.30. The summed E-state index contributed by atoms with van der Waals surface area (Å²) in [4.78, 5) is 247. The molecule has 0 saturated carbocycles. The van der Waals surface area contributed by atoms with Gasteiger partial charge >= 0.3 is 0 Å². The van der Waals surface area contributed by atoms with Gasteiger partial charge in [-0.3, -0.25) is 103 Å². The molecule has 14 atom stereocenters. The Morgan fingerprint density at radius 2 is 0.984 bits per heavy atom. The number of imidazole rings is 1. The number of hydrogen-bond donors (Lipinski definition) is 29. The predicted molar refractivity (Wildman–Crippen MR) is 461 cm³/mol. The van der Waals surface area contributed by atoms with Crippen molar-refractivity contribution in [1.82, 2.24) is 100 Å². The highest BCUT2D eigenvalue weighted by molar-refractivity contribution is 6.01. The molecule has 47 nitrogen and oxygen atoms in total. The van der Waals surface area contributed by atoms with Crippen LogP contribution in [0.3, 0.4) is 0 Å². The zero-order chi connectivity index (χ0) is 94.6. The number of nitrogens with zero attached hydrogens (tertiary/aromatic N) is 1. The minimum absolute atomic E-state index is 0.00609. The van der Waals surface area contributed by atoms with Crippen LogP contribution in [0.5, 0.6) is 11.5 Å². The second-order valence-electron chi connectivity index (χ2n) is 31.4. The first-order valence-electron chi connectivity index (χ1n) is 41.8. The van der Waals surface area contributed by atoms with Crippen LogP contribution in [0.2, 0.25) is 0 Å². The fraction of sp³-hybridized carbons (Fsp3) is 0.562. The van der Waals surface area contributed by atoms with Gasteiger partial charge < -0.3 is 135 Å². The number of H-pyrrole nitrogens is 1. The van der Waals surface area contributed by atoms with Crippen molar-refractivity contribution in [3.63, 3.8) is 0 Å². The van der Waals surface area contributed by atoms with E-state index < -0.39 is 229 Å². The first kappa shape index (κ1) is 106. The van der Waals surface area contributed by atoms with Crippen LogP contribution < -0.4 is 125 Å². The quantitative estimate of drug-likeness (QED) is 0.0142. The third-order valence-corrected chi connectivity index (χ3v) is 20.2. The number of nitrogens with two attached hydrogens (primary N) is 6. The Hall–Kier alpha value is -13.8. The van der Waals surface area contributed by atoms with Crippen molar-refractivity contribution in [3.05, 3.63) is 77.9 Å². The van der Waals surface area contributed by atoms with Crippen LogP contribution in [-0.4, -0.2) is 250 Å². The number of rotatable bonds is 47. The van der Waals surface area contributed by atoms with Gasteiger partial charge in [-0.15, -0.1) is 0 Å². The summed E-state index contributed by atoms with van der Waals surface area (Å²) in [5.41, 5.74) is 34.6. The molecule has 1 saturated heterocycles. The number of nitrogens with one attached hydrogen (secondary N) is 21. The van der Waals surface area contributed by atoms with Crippen LogP contribution in [0.4, 0.5) is 0 Å². The van der Waals surface area contributed by atoms with Gasteiger partial charge in [0.05, 0.1) is 25.3 Å². The van der Waals surface area contributed by atoms with Crippen LogP contribution in [0.25, 0.3) is 0 Å². The van der Waals surface area contributed by atoms with Crippen molar-refractivity contribution >= 4 is 118 Å². The predicted octanol–water partition coefficient (Wildman–Crippen LogP) is -7.18. The molecule has 4 rings (SSSR count). The average Bonchev–Trinajstić information content (AvgIpc) is 1.44. The number of Topliss-reactive ketones (excluding diaryl/α,β-unsaturated/α-hetero) is 1. The lowest BCUT2D eigenvalue weighted by molar-refractivity contribution is -0.137. The fourth-order valence-electron chi connectivity index (χ4n) is 13.0. The molecule has 2 heterocycles. The summed E-state index contributed by atoms with van der Waals surface area (Å²) in [7, 11) is 0. The normalized spacial score (nSPS) is 18.1. The highest BCUT2D eigenvalue weighted by Crippen LogP contribution is 2.19. The topological polar surface area (TPSA) is 792 Å². The van der Waals surface area contributed by atoms with Crippen molar-refractivity contribution in [1.29, 1.82) is 16.2 Å². The molecule has 1 fully saturated rings. The van der Waals surface area contributed by atoms with Gasteiger partial charge in [-0.25, -0.2) is 4.98 Å². The standard InChI is InChI=1S/C80H126N28O19/c1-7-42(4)64-77(127)102-55(72(122)98-52(15-11-31-93-79(86)87)67(117)101-54(25-27-61(81)112)71(121)99-53(16-12-32-94-80(88)89)68(118)103-56(65(83)115)34-45-17-21-48(110)22-18-45)26-28-63(114)91-29-9-8-13-50(69(119)107-60(37-62(82)113)75(125)104-57(33-41(2)3)76(126)108-64)100-73(123)58(35-46-19-23-49(111)24-20-46)105-74(124)59(36-47-39-90-40-96-47)106-70(120)51(14-10-30-92-78(84)85)97-66(116)44(6)95-38-43(5)109/h17-24,39-42,44,50-60,64,95,110-111H,7-16,25-38H2,1-6H3,(H2,81,112)(H2,82,113)(H2,83,115)(H,90,96)(H,91,114)(H,97,116)(H,98,122)(H,99,121)(H,100,123)(H,101,117)(H,102,127)(H,103,118)(H,104,125)(H,105,124)(H,106,120)(H,107,119)(H,108,126)(H4,84,85,92)(H4,86,87,93)(H4,88,89,94)/t42-,44-,50-,51-,52-,53-,54-,55-,56-,57-,58-,59-,60-,64-/m0/s1. The number of aromatic hydroxyl groups is 2. The lowest BCUT2D eigenvalue weighted by Crippen LogP contribution is -2.62. The van der Waals surface area contributed by atoms with E-state index in [1.165, 1.54) is 74.9 Å². The average molecular weight is 1780 g/mol. The minimum Gasteiger partial charge on any atom is -0.508 e. The number of aromatic nitrogens is 2. The van der Waals surface area contributed by atoms with Crippen molar-refractivity contribution in [2.75, 3.05) is 32.7 Å². The number of primary amides is 3. The molecule has 1 aromatic heterocycles. The number of carbonyl (C=O) groups is 17. The molecule has 0 unspecified atom stereocenters. The lowest BCUT2D eigenvalue weighted by atomic mass is 9.96. The molecule has 0 aliphatic carbocycles. The zero-order valence-electron chi connectivity index (χ0n) is 72.2. The molecule has 16 amide bonds. The summed E-state index contributed by atoms with van der Waals surface area (Å²) in [5.74, 6) is -19.0. The summed E-state index contributed by atoms with van der Waals surface area (Å²) < 4.78 is 0. The second-order valence-corrected chi connectivity index (χ2v) is 31.4. The molecule has 3 aromatic rings. The molecule has 1 aliphatic rings. The molecule has 35 N–H and O–H groups in total. The molecule has 0 spiro atoms. The van der Waals surface area contributed by atoms with Gasteiger partial charge in [0.15, 0.2) is 17.9 Å². The number of aromatic amines is 1. The molecular weight excluding hydrogens is 1660 g/mol. The number of hydrogen-bond acceptors (Lipinski definition) is 24. The molecule has 2 aromatic carbocycles. The highest BCUT2D eigenvalue weighted by Gasteiger charge is 2.40. The van der Waals surface area contributed by atoms with Crippen molar-refractivity contribution in [3.8, 4) is 11.5 Å². The van der Waals surface area contributed by atoms with Crippen LogP contribution in [0.15, 0.2) is 61.1 Å². The Bertz CT molecular complexity index is 4270. The minimum atomic E-state index is -1.89. The number of carbonyl (C=O) groups excluding carboxylic acids is 17. The van der Waals surface area contributed by atoms with Crippen LogP contribution in [-0.2, 0) is 101 Å².